The van der Waals surface area contributed by atoms with E-state index in [0.717, 1.165) is 25.3 Å². The lowest BCUT2D eigenvalue weighted by Gasteiger charge is -2.29. The van der Waals surface area contributed by atoms with Crippen molar-refractivity contribution in [2.45, 2.75) is 31.3 Å². The summed E-state index contributed by atoms with van der Waals surface area (Å²) in [4.78, 5) is 12.4. The van der Waals surface area contributed by atoms with Gasteiger partial charge in [-0.3, -0.25) is 4.79 Å². The second-order valence-electron chi connectivity index (χ2n) is 6.68. The van der Waals surface area contributed by atoms with Crippen LogP contribution in [0.4, 0.5) is 14.5 Å². The smallest absolute Gasteiger partial charge is 0.241 e. The zero-order chi connectivity index (χ0) is 17.6. The maximum atomic E-state index is 14.9. The number of hydrogen-bond acceptors (Lipinski definition) is 2. The summed E-state index contributed by atoms with van der Waals surface area (Å²) >= 11 is 6.03. The molecule has 2 aromatic carbocycles. The zero-order valence-electron chi connectivity index (χ0n) is 13.4. The molecule has 2 aliphatic rings. The van der Waals surface area contributed by atoms with E-state index in [0.29, 0.717) is 17.5 Å². The first-order valence-electron chi connectivity index (χ1n) is 8.34. The van der Waals surface area contributed by atoms with E-state index in [1.165, 1.54) is 18.2 Å². The molecule has 1 saturated carbocycles. The Balaban J connectivity index is 1.57. The van der Waals surface area contributed by atoms with Crippen LogP contribution >= 0.6 is 11.6 Å². The van der Waals surface area contributed by atoms with Crippen molar-refractivity contribution in [3.05, 3.63) is 53.1 Å². The van der Waals surface area contributed by atoms with E-state index in [1.54, 1.807) is 12.1 Å². The summed E-state index contributed by atoms with van der Waals surface area (Å²) < 4.78 is 28.1. The van der Waals surface area contributed by atoms with Gasteiger partial charge >= 0.3 is 0 Å². The molecule has 1 amide bonds. The standard InChI is InChI=1S/C19H17ClF2N2O/c20-14-9-11(21)5-6-12(14)13-2-1-3-16(18(13)22)24-19(25)17-8-10-4-7-15(10)23-17/h1-3,5-6,9-10,15,17,23H,4,7-8H2,(H,24,25)/t10-,15-,17+/m1/s1. The van der Waals surface area contributed by atoms with E-state index < -0.39 is 11.6 Å². The predicted molar refractivity (Wildman–Crippen MR) is 93.5 cm³/mol. The van der Waals surface area contributed by atoms with Crippen LogP contribution in [-0.4, -0.2) is 18.0 Å². The maximum Gasteiger partial charge on any atom is 0.241 e. The third-order valence-electron chi connectivity index (χ3n) is 5.17. The van der Waals surface area contributed by atoms with Gasteiger partial charge in [-0.1, -0.05) is 23.7 Å². The molecule has 1 heterocycles. The van der Waals surface area contributed by atoms with E-state index in [9.17, 15) is 13.6 Å². The van der Waals surface area contributed by atoms with Crippen molar-refractivity contribution >= 4 is 23.2 Å². The fourth-order valence-corrected chi connectivity index (χ4v) is 3.92. The summed E-state index contributed by atoms with van der Waals surface area (Å²) in [5, 5.41) is 6.08. The lowest BCUT2D eigenvalue weighted by atomic mass is 9.80. The SMILES string of the molecule is O=C(Nc1cccc(-c2ccc(F)cc2Cl)c1F)[C@@H]1C[C@H]2CC[C@H]2N1. The highest BCUT2D eigenvalue weighted by atomic mass is 35.5. The van der Waals surface area contributed by atoms with Crippen LogP contribution in [-0.2, 0) is 4.79 Å². The lowest BCUT2D eigenvalue weighted by Crippen LogP contribution is -2.41. The Bertz CT molecular complexity index is 830. The van der Waals surface area contributed by atoms with Gasteiger partial charge in [0, 0.05) is 17.2 Å². The van der Waals surface area contributed by atoms with Crippen molar-refractivity contribution in [2.75, 3.05) is 5.32 Å². The number of nitrogens with one attached hydrogen (secondary N) is 2. The van der Waals surface area contributed by atoms with Crippen LogP contribution in [0.5, 0.6) is 0 Å². The Kier molecular flexibility index (Phi) is 4.21. The van der Waals surface area contributed by atoms with Gasteiger partial charge in [0.2, 0.25) is 5.91 Å². The number of carbonyl (C=O) groups is 1. The molecule has 2 fully saturated rings. The van der Waals surface area contributed by atoms with Gasteiger partial charge in [0.05, 0.1) is 16.8 Å². The molecule has 3 atom stereocenters. The summed E-state index contributed by atoms with van der Waals surface area (Å²) in [6, 6.07) is 8.64. The van der Waals surface area contributed by atoms with Crippen molar-refractivity contribution in [3.63, 3.8) is 0 Å². The molecule has 130 valence electrons. The first-order valence-corrected chi connectivity index (χ1v) is 8.71. The minimum atomic E-state index is -0.578. The van der Waals surface area contributed by atoms with Crippen LogP contribution in [0.3, 0.4) is 0 Å². The Hall–Kier alpha value is -1.98. The van der Waals surface area contributed by atoms with Crippen molar-refractivity contribution in [3.8, 4) is 11.1 Å². The van der Waals surface area contributed by atoms with Gasteiger partial charge in [-0.2, -0.15) is 0 Å². The molecule has 1 aliphatic carbocycles. The summed E-state index contributed by atoms with van der Waals surface area (Å²) in [7, 11) is 0. The lowest BCUT2D eigenvalue weighted by molar-refractivity contribution is -0.117. The highest BCUT2D eigenvalue weighted by molar-refractivity contribution is 6.33. The minimum absolute atomic E-state index is 0.101. The molecule has 0 bridgehead atoms. The summed E-state index contributed by atoms with van der Waals surface area (Å²) in [6.07, 6.45) is 3.04. The van der Waals surface area contributed by atoms with E-state index in [1.807, 2.05) is 0 Å². The fraction of sp³-hybridized carbons (Fsp3) is 0.316. The number of anilines is 1. The van der Waals surface area contributed by atoms with Crippen molar-refractivity contribution < 1.29 is 13.6 Å². The second-order valence-corrected chi connectivity index (χ2v) is 7.09. The number of amides is 1. The number of fused-ring (bicyclic) bond motifs is 1. The van der Waals surface area contributed by atoms with Crippen LogP contribution in [0.1, 0.15) is 19.3 Å². The molecule has 4 rings (SSSR count). The van der Waals surface area contributed by atoms with Crippen LogP contribution in [0.15, 0.2) is 36.4 Å². The van der Waals surface area contributed by atoms with Crippen LogP contribution in [0.2, 0.25) is 5.02 Å². The Morgan fingerprint density at radius 2 is 2.00 bits per heavy atom. The zero-order valence-corrected chi connectivity index (χ0v) is 14.1. The average Bonchev–Trinajstić information content (AvgIpc) is 2.85. The van der Waals surface area contributed by atoms with Crippen LogP contribution in [0, 0.1) is 17.6 Å². The second kappa shape index (κ2) is 6.39. The molecule has 1 aliphatic heterocycles. The summed E-state index contributed by atoms with van der Waals surface area (Å²) in [6.45, 7) is 0. The summed E-state index contributed by atoms with van der Waals surface area (Å²) in [5.74, 6) is -0.730. The van der Waals surface area contributed by atoms with E-state index in [-0.39, 0.29) is 28.2 Å². The van der Waals surface area contributed by atoms with E-state index >= 15 is 0 Å². The largest absolute Gasteiger partial charge is 0.322 e. The molecule has 0 unspecified atom stereocenters. The topological polar surface area (TPSA) is 41.1 Å². The average molecular weight is 363 g/mol. The predicted octanol–water partition coefficient (Wildman–Crippen LogP) is 4.36. The number of carbonyl (C=O) groups excluding carboxylic acids is 1. The monoisotopic (exact) mass is 362 g/mol. The molecule has 0 spiro atoms. The van der Waals surface area contributed by atoms with E-state index in [4.69, 9.17) is 11.6 Å². The van der Waals surface area contributed by atoms with E-state index in [2.05, 4.69) is 10.6 Å². The molecule has 0 radical (unpaired) electrons. The Morgan fingerprint density at radius 3 is 2.64 bits per heavy atom. The Morgan fingerprint density at radius 1 is 1.16 bits per heavy atom. The maximum absolute atomic E-state index is 14.9. The van der Waals surface area contributed by atoms with Crippen LogP contribution in [0.25, 0.3) is 11.1 Å². The molecule has 6 heteroatoms. The van der Waals surface area contributed by atoms with Crippen molar-refractivity contribution in [2.24, 2.45) is 5.92 Å². The highest BCUT2D eigenvalue weighted by Crippen LogP contribution is 2.37. The fourth-order valence-electron chi connectivity index (χ4n) is 3.65. The number of rotatable bonds is 3. The molecular weight excluding hydrogens is 346 g/mol. The van der Waals surface area contributed by atoms with Gasteiger partial charge in [0.1, 0.15) is 5.82 Å². The van der Waals surface area contributed by atoms with Gasteiger partial charge in [0.25, 0.3) is 0 Å². The van der Waals surface area contributed by atoms with Crippen molar-refractivity contribution in [1.29, 1.82) is 0 Å². The van der Waals surface area contributed by atoms with Gasteiger partial charge in [-0.05, 0) is 49.4 Å². The van der Waals surface area contributed by atoms with Gasteiger partial charge < -0.3 is 10.6 Å². The quantitative estimate of drug-likeness (QED) is 0.851. The molecular formula is C19H17ClF2N2O. The van der Waals surface area contributed by atoms with Gasteiger partial charge in [0.15, 0.2) is 5.82 Å². The molecule has 2 aromatic rings. The summed E-state index contributed by atoms with van der Waals surface area (Å²) in [5.41, 5.74) is 0.708. The van der Waals surface area contributed by atoms with Gasteiger partial charge in [-0.15, -0.1) is 0 Å². The first-order chi connectivity index (χ1) is 12.0. The Labute approximate surface area is 149 Å². The molecule has 3 nitrogen and oxygen atoms in total. The number of halogens is 3. The molecule has 25 heavy (non-hydrogen) atoms. The van der Waals surface area contributed by atoms with Crippen LogP contribution < -0.4 is 10.6 Å². The highest BCUT2D eigenvalue weighted by Gasteiger charge is 2.42. The molecule has 1 saturated heterocycles. The first kappa shape index (κ1) is 16.5. The normalized spacial score (nSPS) is 24.5. The molecule has 2 N–H and O–H groups in total. The molecule has 0 aromatic heterocycles. The minimum Gasteiger partial charge on any atom is -0.322 e. The van der Waals surface area contributed by atoms with Gasteiger partial charge in [-0.25, -0.2) is 8.78 Å². The number of benzene rings is 2. The third kappa shape index (κ3) is 3.02. The third-order valence-corrected chi connectivity index (χ3v) is 5.48. The van der Waals surface area contributed by atoms with Crippen molar-refractivity contribution in [1.82, 2.24) is 5.32 Å². The number of hydrogen-bond donors (Lipinski definition) is 2.